The summed E-state index contributed by atoms with van der Waals surface area (Å²) in [5.41, 5.74) is 1.22. The highest BCUT2D eigenvalue weighted by Crippen LogP contribution is 2.28. The molecule has 0 aliphatic rings. The first-order valence-electron chi connectivity index (χ1n) is 7.10. The molecule has 0 aromatic heterocycles. The molecule has 2 aromatic carbocycles. The van der Waals surface area contributed by atoms with Crippen molar-refractivity contribution in [3.8, 4) is 5.75 Å². The number of hydrogen-bond acceptors (Lipinski definition) is 4. The van der Waals surface area contributed by atoms with Gasteiger partial charge in [-0.1, -0.05) is 11.6 Å². The molecule has 1 amide bonds. The van der Waals surface area contributed by atoms with Crippen LogP contribution in [0.3, 0.4) is 0 Å². The second kappa shape index (κ2) is 7.55. The van der Waals surface area contributed by atoms with Crippen LogP contribution in [0.1, 0.15) is 17.3 Å². The van der Waals surface area contributed by atoms with E-state index in [1.54, 1.807) is 25.1 Å². The molecule has 0 radical (unpaired) electrons. The average molecular weight is 369 g/mol. The maximum atomic E-state index is 12.3. The molecule has 0 heterocycles. The van der Waals surface area contributed by atoms with Crippen molar-refractivity contribution in [1.82, 2.24) is 0 Å². The number of sulfonamides is 1. The number of anilines is 2. The van der Waals surface area contributed by atoms with Crippen LogP contribution in [0, 0.1) is 0 Å². The number of hydrogen-bond donors (Lipinski definition) is 2. The normalized spacial score (nSPS) is 11.0. The molecule has 0 saturated heterocycles. The topological polar surface area (TPSA) is 84.5 Å². The van der Waals surface area contributed by atoms with E-state index in [9.17, 15) is 13.2 Å². The van der Waals surface area contributed by atoms with E-state index in [4.69, 9.17) is 16.3 Å². The Kier molecular flexibility index (Phi) is 5.69. The van der Waals surface area contributed by atoms with Gasteiger partial charge >= 0.3 is 0 Å². The molecule has 2 rings (SSSR count). The van der Waals surface area contributed by atoms with Gasteiger partial charge in [-0.15, -0.1) is 0 Å². The van der Waals surface area contributed by atoms with Crippen molar-refractivity contribution >= 4 is 38.9 Å². The maximum absolute atomic E-state index is 12.3. The summed E-state index contributed by atoms with van der Waals surface area (Å²) in [7, 11) is -1.86. The van der Waals surface area contributed by atoms with Crippen molar-refractivity contribution < 1.29 is 17.9 Å². The molecule has 0 saturated carbocycles. The summed E-state index contributed by atoms with van der Waals surface area (Å²) in [6.07, 6.45) is 0. The highest BCUT2D eigenvalue weighted by molar-refractivity contribution is 7.92. The molecule has 0 aliphatic heterocycles. The number of halogens is 1. The number of carbonyl (C=O) groups excluding carboxylic acids is 1. The van der Waals surface area contributed by atoms with E-state index in [1.165, 1.54) is 31.4 Å². The zero-order valence-corrected chi connectivity index (χ0v) is 14.7. The lowest BCUT2D eigenvalue weighted by Crippen LogP contribution is -2.15. The van der Waals surface area contributed by atoms with Crippen molar-refractivity contribution in [1.29, 1.82) is 0 Å². The van der Waals surface area contributed by atoms with Crippen LogP contribution in [0.5, 0.6) is 5.75 Å². The van der Waals surface area contributed by atoms with Crippen LogP contribution in [0.2, 0.25) is 5.02 Å². The van der Waals surface area contributed by atoms with Crippen molar-refractivity contribution in [3.05, 3.63) is 53.1 Å². The largest absolute Gasteiger partial charge is 0.495 e. The molecule has 0 aliphatic carbocycles. The Hall–Kier alpha value is -2.25. The maximum Gasteiger partial charge on any atom is 0.255 e. The van der Waals surface area contributed by atoms with E-state index in [2.05, 4.69) is 10.0 Å². The Balaban J connectivity index is 2.15. The first-order chi connectivity index (χ1) is 11.3. The minimum absolute atomic E-state index is 0.0240. The van der Waals surface area contributed by atoms with Gasteiger partial charge in [0.25, 0.3) is 5.91 Å². The fraction of sp³-hybridized carbons (Fsp3) is 0.188. The Morgan fingerprint density at radius 1 is 1.17 bits per heavy atom. The Bertz CT molecular complexity index is 836. The predicted octanol–water partition coefficient (Wildman–Crippen LogP) is 3.36. The summed E-state index contributed by atoms with van der Waals surface area (Å²) >= 11 is 5.93. The first kappa shape index (κ1) is 18.1. The fourth-order valence-electron chi connectivity index (χ4n) is 1.91. The van der Waals surface area contributed by atoms with Gasteiger partial charge in [0, 0.05) is 16.3 Å². The van der Waals surface area contributed by atoms with E-state index in [1.807, 2.05) is 0 Å². The molecular weight excluding hydrogens is 352 g/mol. The van der Waals surface area contributed by atoms with Crippen molar-refractivity contribution in [3.63, 3.8) is 0 Å². The molecule has 24 heavy (non-hydrogen) atoms. The second-order valence-electron chi connectivity index (χ2n) is 4.88. The van der Waals surface area contributed by atoms with Crippen LogP contribution in [-0.4, -0.2) is 27.2 Å². The second-order valence-corrected chi connectivity index (χ2v) is 7.33. The third-order valence-electron chi connectivity index (χ3n) is 3.21. The number of methoxy groups -OCH3 is 1. The van der Waals surface area contributed by atoms with Gasteiger partial charge in [-0.25, -0.2) is 8.42 Å². The average Bonchev–Trinajstić information content (AvgIpc) is 2.55. The van der Waals surface area contributed by atoms with Gasteiger partial charge in [-0.2, -0.15) is 0 Å². The third kappa shape index (κ3) is 4.62. The van der Waals surface area contributed by atoms with Gasteiger partial charge in [0.05, 0.1) is 18.6 Å². The van der Waals surface area contributed by atoms with Crippen molar-refractivity contribution in [2.45, 2.75) is 6.92 Å². The standard InChI is InChI=1S/C16H17ClN2O4S/c1-3-24(21,22)19-13-7-4-11(5-8-13)16(20)18-14-10-12(17)6-9-15(14)23-2/h4-10,19H,3H2,1-2H3,(H,18,20). The Morgan fingerprint density at radius 2 is 1.83 bits per heavy atom. The summed E-state index contributed by atoms with van der Waals surface area (Å²) in [6, 6.07) is 11.0. The molecule has 0 bridgehead atoms. The number of carbonyl (C=O) groups is 1. The first-order valence-corrected chi connectivity index (χ1v) is 9.13. The lowest BCUT2D eigenvalue weighted by atomic mass is 10.2. The minimum atomic E-state index is -3.35. The van der Waals surface area contributed by atoms with Gasteiger partial charge in [0.2, 0.25) is 10.0 Å². The van der Waals surface area contributed by atoms with Crippen LogP contribution in [-0.2, 0) is 10.0 Å². The highest BCUT2D eigenvalue weighted by atomic mass is 35.5. The van der Waals surface area contributed by atoms with E-state index >= 15 is 0 Å². The van der Waals surface area contributed by atoms with Gasteiger partial charge in [-0.05, 0) is 49.4 Å². The van der Waals surface area contributed by atoms with Gasteiger partial charge in [0.1, 0.15) is 5.75 Å². The molecule has 6 nitrogen and oxygen atoms in total. The molecule has 0 atom stereocenters. The fourth-order valence-corrected chi connectivity index (χ4v) is 2.73. The minimum Gasteiger partial charge on any atom is -0.495 e. The van der Waals surface area contributed by atoms with Crippen LogP contribution in [0.25, 0.3) is 0 Å². The van der Waals surface area contributed by atoms with E-state index in [-0.39, 0.29) is 11.7 Å². The monoisotopic (exact) mass is 368 g/mol. The molecule has 2 N–H and O–H groups in total. The smallest absolute Gasteiger partial charge is 0.255 e. The summed E-state index contributed by atoms with van der Waals surface area (Å²) in [6.45, 7) is 1.54. The Morgan fingerprint density at radius 3 is 2.42 bits per heavy atom. The summed E-state index contributed by atoms with van der Waals surface area (Å²) in [5.74, 6) is 0.101. The van der Waals surface area contributed by atoms with Crippen LogP contribution < -0.4 is 14.8 Å². The molecule has 128 valence electrons. The van der Waals surface area contributed by atoms with Crippen molar-refractivity contribution in [2.24, 2.45) is 0 Å². The third-order valence-corrected chi connectivity index (χ3v) is 4.75. The lowest BCUT2D eigenvalue weighted by Gasteiger charge is -2.11. The molecule has 8 heteroatoms. The summed E-state index contributed by atoms with van der Waals surface area (Å²) < 4.78 is 30.6. The van der Waals surface area contributed by atoms with Crippen LogP contribution >= 0.6 is 11.6 Å². The zero-order chi connectivity index (χ0) is 17.7. The van der Waals surface area contributed by atoms with E-state index in [0.29, 0.717) is 27.7 Å². The molecule has 0 fully saturated rings. The van der Waals surface area contributed by atoms with Crippen LogP contribution in [0.15, 0.2) is 42.5 Å². The highest BCUT2D eigenvalue weighted by Gasteiger charge is 2.11. The molecule has 0 unspecified atom stereocenters. The quantitative estimate of drug-likeness (QED) is 0.818. The molecule has 0 spiro atoms. The van der Waals surface area contributed by atoms with Gasteiger partial charge in [-0.3, -0.25) is 9.52 Å². The van der Waals surface area contributed by atoms with Crippen LogP contribution in [0.4, 0.5) is 11.4 Å². The number of ether oxygens (including phenoxy) is 1. The number of rotatable bonds is 6. The van der Waals surface area contributed by atoms with E-state index in [0.717, 1.165) is 0 Å². The summed E-state index contributed by atoms with van der Waals surface area (Å²) in [5, 5.41) is 3.18. The molecule has 2 aromatic rings. The molecular formula is C16H17ClN2O4S. The van der Waals surface area contributed by atoms with Gasteiger partial charge < -0.3 is 10.1 Å². The number of nitrogens with one attached hydrogen (secondary N) is 2. The summed E-state index contributed by atoms with van der Waals surface area (Å²) in [4.78, 5) is 12.3. The lowest BCUT2D eigenvalue weighted by molar-refractivity contribution is 0.102. The SMILES string of the molecule is CCS(=O)(=O)Nc1ccc(C(=O)Nc2cc(Cl)ccc2OC)cc1. The number of amides is 1. The number of benzene rings is 2. The predicted molar refractivity (Wildman–Crippen MR) is 95.5 cm³/mol. The Labute approximate surface area is 145 Å². The van der Waals surface area contributed by atoms with Crippen molar-refractivity contribution in [2.75, 3.05) is 22.9 Å². The van der Waals surface area contributed by atoms with Gasteiger partial charge in [0.15, 0.2) is 0 Å². The zero-order valence-electron chi connectivity index (χ0n) is 13.2. The van der Waals surface area contributed by atoms with E-state index < -0.39 is 10.0 Å².